The van der Waals surface area contributed by atoms with Gasteiger partial charge in [0.1, 0.15) is 0 Å². The van der Waals surface area contributed by atoms with Crippen molar-refractivity contribution in [2.45, 2.75) is 95.0 Å². The Bertz CT molecular complexity index is 330. The number of nitrogens with two attached hydrogens (primary N) is 1. The summed E-state index contributed by atoms with van der Waals surface area (Å²) in [5, 5.41) is 11.3. The Morgan fingerprint density at radius 3 is 1.38 bits per heavy atom. The Morgan fingerprint density at radius 2 is 1.34 bits per heavy atom. The third-order valence-electron chi connectivity index (χ3n) is 2.49. The molecule has 0 aromatic heterocycles. The Balaban J connectivity index is -0.0000000577. The summed E-state index contributed by atoms with van der Waals surface area (Å²) in [6, 6.07) is 0.634. The molecule has 29 heavy (non-hydrogen) atoms. The predicted molar refractivity (Wildman–Crippen MR) is 140 cm³/mol. The normalized spacial score (nSPS) is 8.69. The maximum atomic E-state index is 8.24. The molecule has 3 heteroatoms. The van der Waals surface area contributed by atoms with Crippen LogP contribution in [0.3, 0.4) is 0 Å². The van der Waals surface area contributed by atoms with Crippen molar-refractivity contribution in [1.29, 1.82) is 0 Å². The van der Waals surface area contributed by atoms with Gasteiger partial charge in [-0.25, -0.2) is 0 Å². The van der Waals surface area contributed by atoms with E-state index in [-0.39, 0.29) is 0 Å². The van der Waals surface area contributed by atoms with Crippen LogP contribution >= 0.6 is 0 Å². The monoisotopic (exact) mass is 414 g/mol. The van der Waals surface area contributed by atoms with Gasteiger partial charge in [-0.05, 0) is 44.7 Å². The quantitative estimate of drug-likeness (QED) is 0.298. The zero-order chi connectivity index (χ0) is 24.8. The van der Waals surface area contributed by atoms with E-state index in [0.717, 1.165) is 12.3 Å². The summed E-state index contributed by atoms with van der Waals surface area (Å²) in [6.07, 6.45) is 7.17. The molecule has 0 saturated heterocycles. The first-order valence-corrected chi connectivity index (χ1v) is 11.1. The van der Waals surface area contributed by atoms with Gasteiger partial charge in [0.15, 0.2) is 0 Å². The lowest BCUT2D eigenvalue weighted by atomic mass is 10.1. The van der Waals surface area contributed by atoms with Gasteiger partial charge in [0.2, 0.25) is 0 Å². The van der Waals surface area contributed by atoms with Crippen LogP contribution in [0.4, 0.5) is 0 Å². The summed E-state index contributed by atoms with van der Waals surface area (Å²) in [5.41, 5.74) is 6.99. The molecule has 178 valence electrons. The predicted octanol–water partition coefficient (Wildman–Crippen LogP) is 7.50. The standard InChI is InChI=1S/C7H14.C6H9N.C5H12O.C4H11N.2C2H6/c1-6(2)5-7(3)4;1-3-4-5-6(2)7;1-5(2)3-4-6;1-4(2)5-3;2*1-2/h7H,1,5H2,2-4H3;3-5H,1-2,7H2;5-6H,3-4H2,1-2H3;4-5H,1-3H3;2*1-2H3/b;5-4+;;;;. The smallest absolute Gasteiger partial charge is 0.0433 e. The van der Waals surface area contributed by atoms with Crippen molar-refractivity contribution in [1.82, 2.24) is 5.32 Å². The second-order valence-electron chi connectivity index (χ2n) is 7.07. The van der Waals surface area contributed by atoms with Gasteiger partial charge < -0.3 is 16.2 Å². The molecule has 4 N–H and O–H groups in total. The average molecular weight is 415 g/mol. The largest absolute Gasteiger partial charge is 0.399 e. The molecule has 0 atom stereocenters. The lowest BCUT2D eigenvalue weighted by molar-refractivity contribution is 0.268. The fraction of sp³-hybridized carbons (Fsp3) is 0.692. The molecule has 0 amide bonds. The van der Waals surface area contributed by atoms with E-state index < -0.39 is 0 Å². The molecule has 3 nitrogen and oxygen atoms in total. The van der Waals surface area contributed by atoms with E-state index in [1.807, 2.05) is 34.7 Å². The fourth-order valence-electron chi connectivity index (χ4n) is 1.15. The van der Waals surface area contributed by atoms with Crippen LogP contribution in [0.5, 0.6) is 0 Å². The second kappa shape index (κ2) is 41.1. The van der Waals surface area contributed by atoms with Gasteiger partial charge in [-0.15, -0.1) is 6.58 Å². The third kappa shape index (κ3) is 119. The molecule has 0 bridgehead atoms. The van der Waals surface area contributed by atoms with Crippen molar-refractivity contribution in [3.05, 3.63) is 49.2 Å². The molecular weight excluding hydrogens is 356 g/mol. The van der Waals surface area contributed by atoms with Crippen LogP contribution in [-0.4, -0.2) is 24.8 Å². The molecule has 0 spiro atoms. The maximum Gasteiger partial charge on any atom is 0.0433 e. The van der Waals surface area contributed by atoms with Crippen LogP contribution in [0.25, 0.3) is 0 Å². The molecule has 0 aliphatic carbocycles. The molecule has 0 radical (unpaired) electrons. The van der Waals surface area contributed by atoms with Gasteiger partial charge >= 0.3 is 0 Å². The number of nitrogens with one attached hydrogen (secondary N) is 1. The number of hydrogen-bond acceptors (Lipinski definition) is 3. The van der Waals surface area contributed by atoms with Gasteiger partial charge in [0, 0.05) is 18.3 Å². The Hall–Kier alpha value is -1.32. The Kier molecular flexibility index (Phi) is 59.5. The lowest BCUT2D eigenvalue weighted by Crippen LogP contribution is -2.15. The molecule has 0 aliphatic rings. The highest BCUT2D eigenvalue weighted by molar-refractivity contribution is 5.14. The van der Waals surface area contributed by atoms with Crippen molar-refractivity contribution in [3.63, 3.8) is 0 Å². The van der Waals surface area contributed by atoms with Crippen molar-refractivity contribution in [3.8, 4) is 0 Å². The van der Waals surface area contributed by atoms with Crippen molar-refractivity contribution in [2.75, 3.05) is 13.7 Å². The summed E-state index contributed by atoms with van der Waals surface area (Å²) in [4.78, 5) is 0. The van der Waals surface area contributed by atoms with E-state index in [1.54, 1.807) is 18.2 Å². The number of rotatable bonds is 7. The zero-order valence-electron chi connectivity index (χ0n) is 22.2. The lowest BCUT2D eigenvalue weighted by Gasteiger charge is -1.99. The summed E-state index contributed by atoms with van der Waals surface area (Å²) in [7, 11) is 1.95. The first-order chi connectivity index (χ1) is 13.4. The highest BCUT2D eigenvalue weighted by atomic mass is 16.3. The van der Waals surface area contributed by atoms with Crippen molar-refractivity contribution < 1.29 is 5.11 Å². The van der Waals surface area contributed by atoms with E-state index in [1.165, 1.54) is 12.0 Å². The van der Waals surface area contributed by atoms with Gasteiger partial charge in [0.25, 0.3) is 0 Å². The first-order valence-electron chi connectivity index (χ1n) is 11.1. The molecule has 0 rings (SSSR count). The number of aliphatic hydroxyl groups excluding tert-OH is 1. The third-order valence-corrected chi connectivity index (χ3v) is 2.49. The van der Waals surface area contributed by atoms with Crippen molar-refractivity contribution in [2.24, 2.45) is 17.6 Å². The van der Waals surface area contributed by atoms with Gasteiger partial charge in [0.05, 0.1) is 0 Å². The van der Waals surface area contributed by atoms with E-state index in [0.29, 0.717) is 24.3 Å². The van der Waals surface area contributed by atoms with Crippen LogP contribution in [0.1, 0.15) is 89.0 Å². The summed E-state index contributed by atoms with van der Waals surface area (Å²) in [6.45, 7) is 33.9. The molecule has 0 aromatic carbocycles. The SMILES string of the molecule is C=C(C)CC(C)C.C=C/C=C/C(=C)N.CC.CC.CC(C)CCO.CNC(C)C. The molecule has 0 saturated carbocycles. The van der Waals surface area contributed by atoms with Crippen LogP contribution in [0.15, 0.2) is 49.2 Å². The highest BCUT2D eigenvalue weighted by Crippen LogP contribution is 2.05. The molecule has 0 fully saturated rings. The molecule has 0 unspecified atom stereocenters. The van der Waals surface area contributed by atoms with Gasteiger partial charge in [-0.1, -0.05) is 100 Å². The molecule has 0 aliphatic heterocycles. The zero-order valence-corrected chi connectivity index (χ0v) is 22.2. The van der Waals surface area contributed by atoms with Crippen LogP contribution in [-0.2, 0) is 0 Å². The van der Waals surface area contributed by atoms with E-state index in [2.05, 4.69) is 73.5 Å². The van der Waals surface area contributed by atoms with Gasteiger partial charge in [-0.2, -0.15) is 0 Å². The Morgan fingerprint density at radius 1 is 0.966 bits per heavy atom. The van der Waals surface area contributed by atoms with E-state index in [4.69, 9.17) is 10.8 Å². The summed E-state index contributed by atoms with van der Waals surface area (Å²) in [5.74, 6) is 1.42. The summed E-state index contributed by atoms with van der Waals surface area (Å²) >= 11 is 0. The second-order valence-corrected chi connectivity index (χ2v) is 7.07. The van der Waals surface area contributed by atoms with Crippen LogP contribution in [0, 0.1) is 11.8 Å². The minimum atomic E-state index is 0.331. The average Bonchev–Trinajstić information content (AvgIpc) is 2.63. The minimum absolute atomic E-state index is 0.331. The number of hydrogen-bond donors (Lipinski definition) is 3. The molecule has 0 aromatic rings. The highest BCUT2D eigenvalue weighted by Gasteiger charge is 1.90. The molecule has 0 heterocycles. The fourth-order valence-corrected chi connectivity index (χ4v) is 1.15. The maximum absolute atomic E-state index is 8.24. The van der Waals surface area contributed by atoms with Crippen LogP contribution in [0.2, 0.25) is 0 Å². The van der Waals surface area contributed by atoms with Gasteiger partial charge in [-0.3, -0.25) is 0 Å². The number of aliphatic hydroxyl groups is 1. The Labute approximate surface area is 186 Å². The first kappa shape index (κ1) is 41.9. The van der Waals surface area contributed by atoms with Crippen LogP contribution < -0.4 is 11.1 Å². The van der Waals surface area contributed by atoms with E-state index >= 15 is 0 Å². The topological polar surface area (TPSA) is 58.3 Å². The summed E-state index contributed by atoms with van der Waals surface area (Å²) < 4.78 is 0. The molecular formula is C26H58N2O. The van der Waals surface area contributed by atoms with Crippen molar-refractivity contribution >= 4 is 0 Å². The van der Waals surface area contributed by atoms with E-state index in [9.17, 15) is 0 Å². The minimum Gasteiger partial charge on any atom is -0.399 e. The number of allylic oxidation sites excluding steroid dienone is 4.